The van der Waals surface area contributed by atoms with Crippen LogP contribution in [0.3, 0.4) is 0 Å². The lowest BCUT2D eigenvalue weighted by atomic mass is 10.1. The summed E-state index contributed by atoms with van der Waals surface area (Å²) >= 11 is 3.38. The summed E-state index contributed by atoms with van der Waals surface area (Å²) in [6, 6.07) is 7.84. The Morgan fingerprint density at radius 2 is 1.89 bits per heavy atom. The Kier molecular flexibility index (Phi) is 2.89. The highest BCUT2D eigenvalue weighted by molar-refractivity contribution is 7.14. The lowest BCUT2D eigenvalue weighted by molar-refractivity contribution is 1.39. The smallest absolute Gasteiger partial charge is 0.125 e. The first-order valence-electron chi connectivity index (χ1n) is 5.59. The fourth-order valence-electron chi connectivity index (χ4n) is 1.83. The van der Waals surface area contributed by atoms with Gasteiger partial charge in [-0.25, -0.2) is 4.98 Å². The first-order chi connectivity index (χ1) is 8.75. The van der Waals surface area contributed by atoms with Gasteiger partial charge in [-0.1, -0.05) is 18.2 Å². The minimum atomic E-state index is 0.774. The Balaban J connectivity index is 2.05. The molecule has 2 aromatic heterocycles. The summed E-state index contributed by atoms with van der Waals surface area (Å²) in [5.41, 5.74) is 11.2. The van der Waals surface area contributed by atoms with Crippen molar-refractivity contribution in [2.75, 3.05) is 5.73 Å². The number of rotatable bonds is 2. The summed E-state index contributed by atoms with van der Waals surface area (Å²) in [5.74, 6) is 0. The van der Waals surface area contributed by atoms with Crippen LogP contribution >= 0.6 is 22.7 Å². The van der Waals surface area contributed by atoms with E-state index in [0.717, 1.165) is 22.0 Å². The van der Waals surface area contributed by atoms with Crippen molar-refractivity contribution in [3.8, 4) is 21.8 Å². The number of hydrogen-bond acceptors (Lipinski definition) is 4. The molecule has 0 fully saturated rings. The van der Waals surface area contributed by atoms with Gasteiger partial charge in [-0.15, -0.1) is 11.3 Å². The number of nitrogens with zero attached hydrogens (tertiary/aromatic N) is 1. The second-order valence-electron chi connectivity index (χ2n) is 4.09. The van der Waals surface area contributed by atoms with Gasteiger partial charge in [-0.05, 0) is 23.9 Å². The van der Waals surface area contributed by atoms with E-state index in [9.17, 15) is 0 Å². The van der Waals surface area contributed by atoms with Gasteiger partial charge in [0.25, 0.3) is 0 Å². The van der Waals surface area contributed by atoms with Gasteiger partial charge in [0, 0.05) is 27.6 Å². The van der Waals surface area contributed by atoms with Crippen molar-refractivity contribution in [1.29, 1.82) is 0 Å². The summed E-state index contributed by atoms with van der Waals surface area (Å²) in [6.45, 7) is 2.11. The average Bonchev–Trinajstić information content (AvgIpc) is 2.98. The van der Waals surface area contributed by atoms with Gasteiger partial charge in [-0.2, -0.15) is 11.3 Å². The van der Waals surface area contributed by atoms with Crippen LogP contribution in [0, 0.1) is 6.92 Å². The largest absolute Gasteiger partial charge is 0.398 e. The molecule has 0 aliphatic rings. The second-order valence-corrected chi connectivity index (χ2v) is 5.70. The third-order valence-electron chi connectivity index (χ3n) is 2.83. The molecule has 18 heavy (non-hydrogen) atoms. The highest BCUT2D eigenvalue weighted by Gasteiger charge is 2.10. The predicted molar refractivity (Wildman–Crippen MR) is 80.0 cm³/mol. The molecule has 3 aromatic rings. The van der Waals surface area contributed by atoms with Gasteiger partial charge < -0.3 is 5.73 Å². The molecule has 3 rings (SSSR count). The van der Waals surface area contributed by atoms with Gasteiger partial charge in [0.05, 0.1) is 5.69 Å². The first kappa shape index (κ1) is 11.4. The molecule has 2 heterocycles. The number of nitrogen functional groups attached to an aromatic ring is 1. The molecule has 0 aliphatic carbocycles. The molecule has 2 nitrogen and oxygen atoms in total. The Morgan fingerprint density at radius 3 is 2.61 bits per heavy atom. The number of anilines is 1. The van der Waals surface area contributed by atoms with E-state index in [4.69, 9.17) is 5.73 Å². The van der Waals surface area contributed by atoms with Crippen LogP contribution in [0.2, 0.25) is 0 Å². The third-order valence-corrected chi connectivity index (χ3v) is 4.56. The predicted octanol–water partition coefficient (Wildman–Crippen LogP) is 4.43. The Bertz CT molecular complexity index is 682. The number of para-hydroxylation sites is 1. The summed E-state index contributed by atoms with van der Waals surface area (Å²) < 4.78 is 0. The number of nitrogens with two attached hydrogens (primary N) is 1. The maximum atomic E-state index is 5.98. The van der Waals surface area contributed by atoms with E-state index in [0.29, 0.717) is 0 Å². The van der Waals surface area contributed by atoms with Crippen LogP contribution in [-0.4, -0.2) is 4.98 Å². The van der Waals surface area contributed by atoms with E-state index >= 15 is 0 Å². The van der Waals surface area contributed by atoms with Gasteiger partial charge in [0.15, 0.2) is 0 Å². The number of thiophene rings is 1. The number of aryl methyl sites for hydroxylation is 1. The monoisotopic (exact) mass is 272 g/mol. The van der Waals surface area contributed by atoms with Crippen LogP contribution < -0.4 is 5.73 Å². The van der Waals surface area contributed by atoms with Gasteiger partial charge >= 0.3 is 0 Å². The zero-order valence-electron chi connectivity index (χ0n) is 9.88. The molecule has 0 saturated carbocycles. The Morgan fingerprint density at radius 1 is 1.06 bits per heavy atom. The Labute approximate surface area is 114 Å². The molecule has 0 radical (unpaired) electrons. The van der Waals surface area contributed by atoms with E-state index in [2.05, 4.69) is 28.0 Å². The lowest BCUT2D eigenvalue weighted by Gasteiger charge is -2.00. The number of benzene rings is 1. The molecule has 0 aliphatic heterocycles. The lowest BCUT2D eigenvalue weighted by Crippen LogP contribution is -1.89. The van der Waals surface area contributed by atoms with Gasteiger partial charge in [0.2, 0.25) is 0 Å². The van der Waals surface area contributed by atoms with Crippen molar-refractivity contribution in [3.63, 3.8) is 0 Å². The summed E-state index contributed by atoms with van der Waals surface area (Å²) in [6.07, 6.45) is 0. The van der Waals surface area contributed by atoms with E-state index in [1.165, 1.54) is 11.1 Å². The highest BCUT2D eigenvalue weighted by atomic mass is 32.1. The van der Waals surface area contributed by atoms with Gasteiger partial charge in [0.1, 0.15) is 5.01 Å². The standard InChI is InChI=1S/C14H12N2S2/c1-9-6-17-7-11(9)14-16-13(8-18-14)10-4-2-3-5-12(10)15/h2-8H,15H2,1H3. The van der Waals surface area contributed by atoms with Crippen molar-refractivity contribution < 1.29 is 0 Å². The van der Waals surface area contributed by atoms with Gasteiger partial charge in [-0.3, -0.25) is 0 Å². The zero-order valence-corrected chi connectivity index (χ0v) is 11.5. The fourth-order valence-corrected chi connectivity index (χ4v) is 3.64. The SMILES string of the molecule is Cc1cscc1-c1nc(-c2ccccc2N)cs1. The summed E-state index contributed by atoms with van der Waals surface area (Å²) in [4.78, 5) is 4.69. The van der Waals surface area contributed by atoms with E-state index in [-0.39, 0.29) is 0 Å². The van der Waals surface area contributed by atoms with Crippen molar-refractivity contribution >= 4 is 28.4 Å². The zero-order chi connectivity index (χ0) is 12.5. The molecule has 0 unspecified atom stereocenters. The first-order valence-corrected chi connectivity index (χ1v) is 7.41. The van der Waals surface area contributed by atoms with E-state index < -0.39 is 0 Å². The topological polar surface area (TPSA) is 38.9 Å². The van der Waals surface area contributed by atoms with Crippen LogP contribution in [0.1, 0.15) is 5.56 Å². The maximum Gasteiger partial charge on any atom is 0.125 e. The quantitative estimate of drug-likeness (QED) is 0.701. The van der Waals surface area contributed by atoms with Crippen LogP contribution in [0.15, 0.2) is 40.4 Å². The Hall–Kier alpha value is -1.65. The molecule has 2 N–H and O–H groups in total. The summed E-state index contributed by atoms with van der Waals surface area (Å²) in [5, 5.41) is 7.42. The molecule has 4 heteroatoms. The molecule has 0 amide bonds. The van der Waals surface area contributed by atoms with Crippen LogP contribution in [0.25, 0.3) is 21.8 Å². The molecular formula is C14H12N2S2. The van der Waals surface area contributed by atoms with Crippen molar-refractivity contribution in [2.45, 2.75) is 6.92 Å². The van der Waals surface area contributed by atoms with Crippen LogP contribution in [-0.2, 0) is 0 Å². The number of hydrogen-bond donors (Lipinski definition) is 1. The molecule has 1 aromatic carbocycles. The van der Waals surface area contributed by atoms with E-state index in [1.54, 1.807) is 22.7 Å². The van der Waals surface area contributed by atoms with Crippen LogP contribution in [0.4, 0.5) is 5.69 Å². The molecular weight excluding hydrogens is 260 g/mol. The molecule has 0 spiro atoms. The minimum Gasteiger partial charge on any atom is -0.398 e. The number of aromatic nitrogens is 1. The minimum absolute atomic E-state index is 0.774. The second kappa shape index (κ2) is 4.55. The third kappa shape index (κ3) is 1.94. The van der Waals surface area contributed by atoms with Crippen molar-refractivity contribution in [3.05, 3.63) is 46.0 Å². The number of thiazole rings is 1. The molecule has 0 saturated heterocycles. The van der Waals surface area contributed by atoms with E-state index in [1.807, 2.05) is 24.3 Å². The maximum absolute atomic E-state index is 5.98. The van der Waals surface area contributed by atoms with Crippen molar-refractivity contribution in [2.24, 2.45) is 0 Å². The average molecular weight is 272 g/mol. The fraction of sp³-hybridized carbons (Fsp3) is 0.0714. The summed E-state index contributed by atoms with van der Waals surface area (Å²) in [7, 11) is 0. The molecule has 0 atom stereocenters. The molecule has 90 valence electrons. The highest BCUT2D eigenvalue weighted by Crippen LogP contribution is 2.34. The van der Waals surface area contributed by atoms with Crippen LogP contribution in [0.5, 0.6) is 0 Å². The normalized spacial score (nSPS) is 10.7. The van der Waals surface area contributed by atoms with Crippen molar-refractivity contribution in [1.82, 2.24) is 4.98 Å². The molecule has 0 bridgehead atoms.